The first-order valence-corrected chi connectivity index (χ1v) is 7.40. The van der Waals surface area contributed by atoms with Crippen LogP contribution < -0.4 is 4.74 Å². The van der Waals surface area contributed by atoms with Gasteiger partial charge in [0.2, 0.25) is 0 Å². The first kappa shape index (κ1) is 12.5. The molecular weight excluding hydrogens is 262 g/mol. The van der Waals surface area contributed by atoms with Gasteiger partial charge in [0.05, 0.1) is 12.3 Å². The fourth-order valence-electron chi connectivity index (χ4n) is 3.41. The van der Waals surface area contributed by atoms with Crippen molar-refractivity contribution in [1.29, 1.82) is 0 Å². The number of benzene rings is 2. The maximum absolute atomic E-state index is 9.03. The molecular formula is C18H17NO2. The normalized spacial score (nSPS) is 20.8. The zero-order valence-electron chi connectivity index (χ0n) is 11.7. The van der Waals surface area contributed by atoms with E-state index in [0.29, 0.717) is 5.92 Å². The van der Waals surface area contributed by atoms with Crippen molar-refractivity contribution in [2.24, 2.45) is 5.16 Å². The van der Waals surface area contributed by atoms with Crippen LogP contribution in [0.15, 0.2) is 47.6 Å². The molecule has 1 N–H and O–H groups in total. The number of hydrogen-bond acceptors (Lipinski definition) is 3. The average molecular weight is 279 g/mol. The van der Waals surface area contributed by atoms with Crippen LogP contribution in [0.5, 0.6) is 5.75 Å². The van der Waals surface area contributed by atoms with Crippen LogP contribution >= 0.6 is 0 Å². The van der Waals surface area contributed by atoms with Crippen molar-refractivity contribution in [3.63, 3.8) is 0 Å². The summed E-state index contributed by atoms with van der Waals surface area (Å²) < 4.78 is 6.07. The van der Waals surface area contributed by atoms with Crippen LogP contribution in [0.1, 0.15) is 34.6 Å². The lowest BCUT2D eigenvalue weighted by Gasteiger charge is -2.30. The van der Waals surface area contributed by atoms with Gasteiger partial charge in [-0.3, -0.25) is 0 Å². The van der Waals surface area contributed by atoms with E-state index >= 15 is 0 Å². The standard InChI is InChI=1S/C18H17NO2/c20-19-17-9-8-16-15(17)6-3-7-18(16)21-11-13-10-12-4-1-2-5-14(12)13/h1-7,13,20H,8-11H2. The summed E-state index contributed by atoms with van der Waals surface area (Å²) in [4.78, 5) is 0. The van der Waals surface area contributed by atoms with Gasteiger partial charge in [0.15, 0.2) is 0 Å². The van der Waals surface area contributed by atoms with E-state index in [0.717, 1.165) is 42.9 Å². The van der Waals surface area contributed by atoms with Crippen LogP contribution in [0.2, 0.25) is 0 Å². The Bertz CT molecular complexity index is 721. The van der Waals surface area contributed by atoms with E-state index in [4.69, 9.17) is 9.94 Å². The average Bonchev–Trinajstić information content (AvgIpc) is 2.92. The van der Waals surface area contributed by atoms with Gasteiger partial charge in [-0.2, -0.15) is 0 Å². The molecule has 2 aromatic carbocycles. The van der Waals surface area contributed by atoms with Gasteiger partial charge in [0.1, 0.15) is 5.75 Å². The Morgan fingerprint density at radius 2 is 2.00 bits per heavy atom. The number of nitrogens with zero attached hydrogens (tertiary/aromatic N) is 1. The topological polar surface area (TPSA) is 41.8 Å². The van der Waals surface area contributed by atoms with Crippen LogP contribution in [0.4, 0.5) is 0 Å². The highest BCUT2D eigenvalue weighted by Gasteiger charge is 2.27. The largest absolute Gasteiger partial charge is 0.493 e. The number of oxime groups is 1. The van der Waals surface area contributed by atoms with Crippen molar-refractivity contribution in [1.82, 2.24) is 0 Å². The Labute approximate surface area is 123 Å². The molecule has 3 heteroatoms. The molecule has 2 aromatic rings. The van der Waals surface area contributed by atoms with E-state index in [1.54, 1.807) is 0 Å². The van der Waals surface area contributed by atoms with Gasteiger partial charge >= 0.3 is 0 Å². The Balaban J connectivity index is 1.51. The third kappa shape index (κ3) is 2.00. The number of fused-ring (bicyclic) bond motifs is 2. The lowest BCUT2D eigenvalue weighted by molar-refractivity contribution is 0.273. The molecule has 0 aliphatic heterocycles. The third-order valence-electron chi connectivity index (χ3n) is 4.58. The van der Waals surface area contributed by atoms with Crippen molar-refractivity contribution in [2.75, 3.05) is 6.61 Å². The van der Waals surface area contributed by atoms with Crippen LogP contribution in [-0.4, -0.2) is 17.5 Å². The summed E-state index contributed by atoms with van der Waals surface area (Å²) in [5.41, 5.74) is 5.84. The molecule has 0 amide bonds. The molecule has 4 rings (SSSR count). The Morgan fingerprint density at radius 3 is 2.86 bits per heavy atom. The van der Waals surface area contributed by atoms with Gasteiger partial charge in [-0.05, 0) is 36.5 Å². The molecule has 0 fully saturated rings. The minimum Gasteiger partial charge on any atom is -0.493 e. The van der Waals surface area contributed by atoms with Gasteiger partial charge in [-0.15, -0.1) is 0 Å². The maximum atomic E-state index is 9.03. The Kier molecular flexibility index (Phi) is 2.92. The fourth-order valence-corrected chi connectivity index (χ4v) is 3.41. The first-order valence-electron chi connectivity index (χ1n) is 7.40. The minimum absolute atomic E-state index is 0.504. The second-order valence-electron chi connectivity index (χ2n) is 5.74. The molecule has 0 bridgehead atoms. The van der Waals surface area contributed by atoms with E-state index in [1.807, 2.05) is 18.2 Å². The monoisotopic (exact) mass is 279 g/mol. The highest BCUT2D eigenvalue weighted by molar-refractivity contribution is 6.04. The van der Waals surface area contributed by atoms with Gasteiger partial charge in [-0.1, -0.05) is 41.6 Å². The number of hydrogen-bond donors (Lipinski definition) is 1. The summed E-state index contributed by atoms with van der Waals surface area (Å²) in [7, 11) is 0. The molecule has 2 aliphatic carbocycles. The molecule has 0 saturated heterocycles. The van der Waals surface area contributed by atoms with Gasteiger partial charge in [0.25, 0.3) is 0 Å². The van der Waals surface area contributed by atoms with Crippen LogP contribution in [0, 0.1) is 0 Å². The highest BCUT2D eigenvalue weighted by atomic mass is 16.5. The second kappa shape index (κ2) is 4.92. The smallest absolute Gasteiger partial charge is 0.123 e. The van der Waals surface area contributed by atoms with Crippen molar-refractivity contribution >= 4 is 5.71 Å². The number of ether oxygens (including phenoxy) is 1. The summed E-state index contributed by atoms with van der Waals surface area (Å²) in [6, 6.07) is 14.6. The first-order chi connectivity index (χ1) is 10.4. The molecule has 106 valence electrons. The molecule has 1 atom stereocenters. The molecule has 0 aromatic heterocycles. The molecule has 21 heavy (non-hydrogen) atoms. The second-order valence-corrected chi connectivity index (χ2v) is 5.74. The molecule has 0 spiro atoms. The fraction of sp³-hybridized carbons (Fsp3) is 0.278. The molecule has 0 heterocycles. The highest BCUT2D eigenvalue weighted by Crippen LogP contribution is 2.36. The Morgan fingerprint density at radius 1 is 1.10 bits per heavy atom. The summed E-state index contributed by atoms with van der Waals surface area (Å²) in [5, 5.41) is 12.4. The van der Waals surface area contributed by atoms with Gasteiger partial charge in [0, 0.05) is 17.0 Å². The SMILES string of the molecule is ON=C1CCc2c(OCC3Cc4ccccc43)cccc21. The summed E-state index contributed by atoms with van der Waals surface area (Å²) >= 11 is 0. The van der Waals surface area contributed by atoms with Crippen LogP contribution in [0.25, 0.3) is 0 Å². The summed E-state index contributed by atoms with van der Waals surface area (Å²) in [6.07, 6.45) is 2.79. The van der Waals surface area contributed by atoms with E-state index in [-0.39, 0.29) is 0 Å². The lowest BCUT2D eigenvalue weighted by atomic mass is 9.78. The van der Waals surface area contributed by atoms with Crippen LogP contribution in [-0.2, 0) is 12.8 Å². The molecule has 2 aliphatic rings. The minimum atomic E-state index is 0.504. The molecule has 1 unspecified atom stereocenters. The van der Waals surface area contributed by atoms with Gasteiger partial charge < -0.3 is 9.94 Å². The predicted molar refractivity (Wildman–Crippen MR) is 81.5 cm³/mol. The zero-order chi connectivity index (χ0) is 14.2. The van der Waals surface area contributed by atoms with E-state index in [1.165, 1.54) is 16.7 Å². The van der Waals surface area contributed by atoms with Crippen LogP contribution in [0.3, 0.4) is 0 Å². The summed E-state index contributed by atoms with van der Waals surface area (Å²) in [6.45, 7) is 0.721. The van der Waals surface area contributed by atoms with E-state index in [9.17, 15) is 0 Å². The van der Waals surface area contributed by atoms with E-state index < -0.39 is 0 Å². The molecule has 0 saturated carbocycles. The molecule has 0 radical (unpaired) electrons. The molecule has 3 nitrogen and oxygen atoms in total. The lowest BCUT2D eigenvalue weighted by Crippen LogP contribution is -2.23. The summed E-state index contributed by atoms with van der Waals surface area (Å²) in [5.74, 6) is 1.44. The van der Waals surface area contributed by atoms with Crippen molar-refractivity contribution < 1.29 is 9.94 Å². The van der Waals surface area contributed by atoms with E-state index in [2.05, 4.69) is 29.4 Å². The zero-order valence-corrected chi connectivity index (χ0v) is 11.7. The van der Waals surface area contributed by atoms with Crippen molar-refractivity contribution in [3.05, 3.63) is 64.7 Å². The third-order valence-corrected chi connectivity index (χ3v) is 4.58. The van der Waals surface area contributed by atoms with Gasteiger partial charge in [-0.25, -0.2) is 0 Å². The maximum Gasteiger partial charge on any atom is 0.123 e. The van der Waals surface area contributed by atoms with Crippen molar-refractivity contribution in [3.8, 4) is 5.75 Å². The van der Waals surface area contributed by atoms with Crippen molar-refractivity contribution in [2.45, 2.75) is 25.2 Å². The predicted octanol–water partition coefficient (Wildman–Crippen LogP) is 3.53. The Hall–Kier alpha value is -2.29. The number of rotatable bonds is 3. The quantitative estimate of drug-likeness (QED) is 0.690.